The van der Waals surface area contributed by atoms with Crippen LogP contribution in [0, 0.1) is 6.92 Å². The number of nitrogens with zero attached hydrogens (tertiary/aromatic N) is 3. The molecule has 0 radical (unpaired) electrons. The summed E-state index contributed by atoms with van der Waals surface area (Å²) >= 11 is 1.34. The number of thioether (sulfide) groups is 1. The number of aryl methyl sites for hydroxylation is 1. The summed E-state index contributed by atoms with van der Waals surface area (Å²) in [5, 5.41) is 14.2. The van der Waals surface area contributed by atoms with Gasteiger partial charge in [0.2, 0.25) is 5.91 Å². The van der Waals surface area contributed by atoms with Gasteiger partial charge in [-0.1, -0.05) is 59.8 Å². The largest absolute Gasteiger partial charge is 0.486 e. The maximum atomic E-state index is 12.4. The van der Waals surface area contributed by atoms with Crippen molar-refractivity contribution >= 4 is 34.1 Å². The second kappa shape index (κ2) is 9.00. The van der Waals surface area contributed by atoms with Crippen molar-refractivity contribution in [1.82, 2.24) is 14.8 Å². The van der Waals surface area contributed by atoms with E-state index in [1.165, 1.54) is 17.3 Å². The van der Waals surface area contributed by atoms with Crippen molar-refractivity contribution in [2.24, 2.45) is 7.05 Å². The minimum atomic E-state index is -0.0873. The lowest BCUT2D eigenvalue weighted by atomic mass is 10.1. The first-order chi connectivity index (χ1) is 14.6. The summed E-state index contributed by atoms with van der Waals surface area (Å²) in [6.45, 7) is 2.35. The van der Waals surface area contributed by atoms with E-state index in [0.29, 0.717) is 17.6 Å². The highest BCUT2D eigenvalue weighted by Crippen LogP contribution is 2.21. The second-order valence-corrected chi connectivity index (χ2v) is 7.90. The fraction of sp³-hybridized carbons (Fsp3) is 0.174. The van der Waals surface area contributed by atoms with Crippen LogP contribution in [0.4, 0.5) is 5.69 Å². The molecule has 4 rings (SSSR count). The molecule has 1 heterocycles. The van der Waals surface area contributed by atoms with Crippen molar-refractivity contribution in [3.05, 3.63) is 78.1 Å². The normalized spacial score (nSPS) is 10.9. The van der Waals surface area contributed by atoms with Crippen LogP contribution in [0.1, 0.15) is 11.4 Å². The van der Waals surface area contributed by atoms with Gasteiger partial charge in [-0.15, -0.1) is 10.2 Å². The number of anilines is 1. The van der Waals surface area contributed by atoms with E-state index >= 15 is 0 Å². The summed E-state index contributed by atoms with van der Waals surface area (Å²) in [5.41, 5.74) is 1.96. The second-order valence-electron chi connectivity index (χ2n) is 6.96. The maximum Gasteiger partial charge on any atom is 0.234 e. The Morgan fingerprint density at radius 2 is 1.80 bits per heavy atom. The summed E-state index contributed by atoms with van der Waals surface area (Å²) in [6, 6.07) is 21.8. The van der Waals surface area contributed by atoms with E-state index in [2.05, 4.69) is 15.5 Å². The monoisotopic (exact) mass is 418 g/mol. The fourth-order valence-corrected chi connectivity index (χ4v) is 3.70. The Balaban J connectivity index is 1.31. The van der Waals surface area contributed by atoms with Crippen LogP contribution < -0.4 is 10.1 Å². The van der Waals surface area contributed by atoms with Crippen LogP contribution in [0.2, 0.25) is 0 Å². The number of rotatable bonds is 7. The Morgan fingerprint density at radius 3 is 2.60 bits per heavy atom. The molecule has 0 aliphatic heterocycles. The molecule has 0 saturated heterocycles. The summed E-state index contributed by atoms with van der Waals surface area (Å²) < 4.78 is 7.62. The molecule has 152 valence electrons. The Bertz CT molecular complexity index is 1170. The van der Waals surface area contributed by atoms with Gasteiger partial charge in [-0.3, -0.25) is 4.79 Å². The van der Waals surface area contributed by atoms with Crippen LogP contribution in [0.25, 0.3) is 10.8 Å². The van der Waals surface area contributed by atoms with Crippen molar-refractivity contribution in [3.63, 3.8) is 0 Å². The van der Waals surface area contributed by atoms with Crippen molar-refractivity contribution < 1.29 is 9.53 Å². The Hall–Kier alpha value is -3.32. The van der Waals surface area contributed by atoms with Gasteiger partial charge < -0.3 is 14.6 Å². The number of aromatic nitrogens is 3. The van der Waals surface area contributed by atoms with Crippen molar-refractivity contribution in [2.75, 3.05) is 11.1 Å². The van der Waals surface area contributed by atoms with E-state index in [9.17, 15) is 4.79 Å². The summed E-state index contributed by atoms with van der Waals surface area (Å²) in [7, 11) is 1.87. The Labute approximate surface area is 179 Å². The first-order valence-electron chi connectivity index (χ1n) is 9.58. The summed E-state index contributed by atoms with van der Waals surface area (Å²) in [5.74, 6) is 1.65. The summed E-state index contributed by atoms with van der Waals surface area (Å²) in [4.78, 5) is 12.4. The first kappa shape index (κ1) is 20.0. The number of carbonyl (C=O) groups excluding carboxylic acids is 1. The molecule has 0 fully saturated rings. The molecule has 0 saturated carbocycles. The molecule has 0 spiro atoms. The van der Waals surface area contributed by atoms with E-state index in [1.807, 2.05) is 85.3 Å². The number of ether oxygens (including phenoxy) is 1. The Morgan fingerprint density at radius 1 is 1.03 bits per heavy atom. The summed E-state index contributed by atoms with van der Waals surface area (Å²) in [6.07, 6.45) is 0. The molecule has 7 heteroatoms. The molecule has 1 aromatic heterocycles. The van der Waals surface area contributed by atoms with Gasteiger partial charge in [0.1, 0.15) is 12.4 Å². The SMILES string of the molecule is Cc1ccc(OCc2nnc(SCC(=O)Nc3ccc4ccccc4c3)n2C)cc1. The number of nitrogens with one attached hydrogen (secondary N) is 1. The van der Waals surface area contributed by atoms with E-state index in [1.54, 1.807) is 0 Å². The number of amides is 1. The zero-order valence-corrected chi connectivity index (χ0v) is 17.6. The van der Waals surface area contributed by atoms with E-state index in [-0.39, 0.29) is 11.7 Å². The molecular weight excluding hydrogens is 396 g/mol. The van der Waals surface area contributed by atoms with Crippen LogP contribution in [0.3, 0.4) is 0 Å². The van der Waals surface area contributed by atoms with Crippen LogP contribution in [0.15, 0.2) is 71.9 Å². The third-order valence-electron chi connectivity index (χ3n) is 4.68. The highest BCUT2D eigenvalue weighted by atomic mass is 32.2. The third kappa shape index (κ3) is 4.80. The fourth-order valence-electron chi connectivity index (χ4n) is 2.97. The molecule has 30 heavy (non-hydrogen) atoms. The molecule has 1 amide bonds. The van der Waals surface area contributed by atoms with Gasteiger partial charge in [-0.2, -0.15) is 0 Å². The molecule has 0 aliphatic rings. The van der Waals surface area contributed by atoms with Crippen LogP contribution in [-0.4, -0.2) is 26.4 Å². The number of carbonyl (C=O) groups is 1. The van der Waals surface area contributed by atoms with E-state index in [0.717, 1.165) is 22.2 Å². The van der Waals surface area contributed by atoms with E-state index < -0.39 is 0 Å². The molecule has 6 nitrogen and oxygen atoms in total. The minimum Gasteiger partial charge on any atom is -0.486 e. The quantitative estimate of drug-likeness (QED) is 0.445. The predicted molar refractivity (Wildman–Crippen MR) is 120 cm³/mol. The topological polar surface area (TPSA) is 69.0 Å². The van der Waals surface area contributed by atoms with Gasteiger partial charge in [0.15, 0.2) is 11.0 Å². The Kier molecular flexibility index (Phi) is 5.99. The van der Waals surface area contributed by atoms with Gasteiger partial charge in [0.25, 0.3) is 0 Å². The zero-order valence-electron chi connectivity index (χ0n) is 16.8. The van der Waals surface area contributed by atoms with E-state index in [4.69, 9.17) is 4.74 Å². The number of hydrogen-bond donors (Lipinski definition) is 1. The highest BCUT2D eigenvalue weighted by Gasteiger charge is 2.12. The lowest BCUT2D eigenvalue weighted by Crippen LogP contribution is -2.14. The van der Waals surface area contributed by atoms with Crippen molar-refractivity contribution in [2.45, 2.75) is 18.7 Å². The molecule has 0 atom stereocenters. The number of fused-ring (bicyclic) bond motifs is 1. The zero-order chi connectivity index (χ0) is 20.9. The van der Waals surface area contributed by atoms with Crippen molar-refractivity contribution in [3.8, 4) is 5.75 Å². The molecule has 1 N–H and O–H groups in total. The smallest absolute Gasteiger partial charge is 0.234 e. The lowest BCUT2D eigenvalue weighted by Gasteiger charge is -2.08. The molecule has 0 unspecified atom stereocenters. The average Bonchev–Trinajstić information content (AvgIpc) is 3.11. The first-order valence-corrected chi connectivity index (χ1v) is 10.6. The standard InChI is InChI=1S/C23H22N4O2S/c1-16-7-11-20(12-8-16)29-14-21-25-26-23(27(21)2)30-15-22(28)24-19-10-9-17-5-3-4-6-18(17)13-19/h3-13H,14-15H2,1-2H3,(H,24,28). The highest BCUT2D eigenvalue weighted by molar-refractivity contribution is 7.99. The van der Waals surface area contributed by atoms with Gasteiger partial charge >= 0.3 is 0 Å². The maximum absolute atomic E-state index is 12.4. The van der Waals surface area contributed by atoms with Crippen LogP contribution >= 0.6 is 11.8 Å². The van der Waals surface area contributed by atoms with Crippen molar-refractivity contribution in [1.29, 1.82) is 0 Å². The van der Waals surface area contributed by atoms with Crippen LogP contribution in [-0.2, 0) is 18.4 Å². The van der Waals surface area contributed by atoms with Gasteiger partial charge in [0.05, 0.1) is 5.75 Å². The average molecular weight is 419 g/mol. The molecule has 0 bridgehead atoms. The number of benzene rings is 3. The molecule has 4 aromatic rings. The molecule has 0 aliphatic carbocycles. The van der Waals surface area contributed by atoms with Gasteiger partial charge in [0, 0.05) is 12.7 Å². The number of hydrogen-bond acceptors (Lipinski definition) is 5. The minimum absolute atomic E-state index is 0.0873. The van der Waals surface area contributed by atoms with Gasteiger partial charge in [-0.05, 0) is 42.0 Å². The predicted octanol–water partition coefficient (Wildman–Crippen LogP) is 4.59. The van der Waals surface area contributed by atoms with Gasteiger partial charge in [-0.25, -0.2) is 0 Å². The third-order valence-corrected chi connectivity index (χ3v) is 5.70. The molecule has 3 aromatic carbocycles. The lowest BCUT2D eigenvalue weighted by molar-refractivity contribution is -0.113. The van der Waals surface area contributed by atoms with Crippen LogP contribution in [0.5, 0.6) is 5.75 Å². The molecular formula is C23H22N4O2S.